The lowest BCUT2D eigenvalue weighted by Crippen LogP contribution is -2.10. The molecule has 8 rings (SSSR count). The summed E-state index contributed by atoms with van der Waals surface area (Å²) in [5.41, 5.74) is 6.41. The van der Waals surface area contributed by atoms with Gasteiger partial charge in [-0.3, -0.25) is 0 Å². The number of fused-ring (bicyclic) bond motifs is 6. The Hall–Kier alpha value is -5.34. The van der Waals surface area contributed by atoms with Gasteiger partial charge in [0.25, 0.3) is 0 Å². The number of nitrogens with zero attached hydrogens (tertiary/aromatic N) is 2. The van der Waals surface area contributed by atoms with Crippen molar-refractivity contribution in [2.75, 3.05) is 0 Å². The summed E-state index contributed by atoms with van der Waals surface area (Å²) in [6.07, 6.45) is 6.91. The van der Waals surface area contributed by atoms with Gasteiger partial charge in [0, 0.05) is 17.0 Å². The molecule has 6 aromatic carbocycles. The van der Waals surface area contributed by atoms with E-state index in [2.05, 4.69) is 153 Å². The van der Waals surface area contributed by atoms with Crippen molar-refractivity contribution in [3.8, 4) is 22.6 Å². The molecule has 0 spiro atoms. The molecule has 43 heavy (non-hydrogen) atoms. The summed E-state index contributed by atoms with van der Waals surface area (Å²) in [7, 11) is 0. The topological polar surface area (TPSA) is 25.8 Å². The number of allylic oxidation sites excluding steroid dienone is 4. The van der Waals surface area contributed by atoms with Gasteiger partial charge in [0.2, 0.25) is 0 Å². The molecular weight excluding hydrogens is 520 g/mol. The molecule has 1 aliphatic carbocycles. The maximum Gasteiger partial charge on any atom is 0.160 e. The molecule has 0 radical (unpaired) electrons. The molecule has 2 heteroatoms. The average molecular weight is 551 g/mol. The van der Waals surface area contributed by atoms with Gasteiger partial charge in [0.15, 0.2) is 5.82 Å². The second kappa shape index (κ2) is 10.5. The van der Waals surface area contributed by atoms with Crippen molar-refractivity contribution in [3.63, 3.8) is 0 Å². The van der Waals surface area contributed by atoms with E-state index < -0.39 is 0 Å². The highest BCUT2D eigenvalue weighted by atomic mass is 14.9. The largest absolute Gasteiger partial charge is 0.228 e. The number of hydrogen-bond acceptors (Lipinski definition) is 2. The van der Waals surface area contributed by atoms with Crippen LogP contribution < -0.4 is 0 Å². The van der Waals surface area contributed by atoms with Gasteiger partial charge < -0.3 is 0 Å². The van der Waals surface area contributed by atoms with Crippen LogP contribution in [0.1, 0.15) is 24.1 Å². The zero-order valence-corrected chi connectivity index (χ0v) is 24.0. The highest BCUT2D eigenvalue weighted by molar-refractivity contribution is 6.25. The molecule has 0 N–H and O–H groups in total. The lowest BCUT2D eigenvalue weighted by molar-refractivity contribution is 0.637. The summed E-state index contributed by atoms with van der Waals surface area (Å²) in [6.45, 7) is 2.28. The fraction of sp³-hybridized carbons (Fsp3) is 0.0732. The molecule has 0 amide bonds. The molecule has 0 saturated carbocycles. The summed E-state index contributed by atoms with van der Waals surface area (Å²) < 4.78 is 0. The molecule has 2 nitrogen and oxygen atoms in total. The van der Waals surface area contributed by atoms with Crippen molar-refractivity contribution in [3.05, 3.63) is 163 Å². The predicted octanol–water partition coefficient (Wildman–Crippen LogP) is 10.6. The fourth-order valence-corrected chi connectivity index (χ4v) is 6.55. The highest BCUT2D eigenvalue weighted by Crippen LogP contribution is 2.38. The van der Waals surface area contributed by atoms with Crippen LogP contribution in [0.15, 0.2) is 152 Å². The second-order valence-corrected chi connectivity index (χ2v) is 11.5. The van der Waals surface area contributed by atoms with Crippen molar-refractivity contribution in [1.82, 2.24) is 9.97 Å². The van der Waals surface area contributed by atoms with E-state index in [9.17, 15) is 0 Å². The molecule has 0 fully saturated rings. The Morgan fingerprint density at radius 1 is 0.488 bits per heavy atom. The molecule has 0 aliphatic heterocycles. The fourth-order valence-electron chi connectivity index (χ4n) is 6.55. The van der Waals surface area contributed by atoms with Crippen LogP contribution >= 0.6 is 0 Å². The van der Waals surface area contributed by atoms with Gasteiger partial charge >= 0.3 is 0 Å². The molecule has 0 bridgehead atoms. The molecular formula is C41H30N2. The molecule has 1 aromatic heterocycles. The summed E-state index contributed by atoms with van der Waals surface area (Å²) in [5.74, 6) is 1.43. The SMILES string of the molecule is CC1C=CC(c2cc(-c3ccccc3)nc(-c3ccc4c5ccccc5c5ccccc5c4c3)n2)=CC1c1ccccc1. The summed E-state index contributed by atoms with van der Waals surface area (Å²) in [5, 5.41) is 7.52. The Morgan fingerprint density at radius 2 is 1.05 bits per heavy atom. The maximum atomic E-state index is 5.22. The zero-order chi connectivity index (χ0) is 28.8. The number of aromatic nitrogens is 2. The first-order valence-corrected chi connectivity index (χ1v) is 15.0. The van der Waals surface area contributed by atoms with Crippen LogP contribution in [0.5, 0.6) is 0 Å². The summed E-state index contributed by atoms with van der Waals surface area (Å²) in [4.78, 5) is 10.4. The Bertz CT molecular complexity index is 2160. The summed E-state index contributed by atoms with van der Waals surface area (Å²) in [6, 6.07) is 47.4. The van der Waals surface area contributed by atoms with E-state index in [-0.39, 0.29) is 0 Å². The molecule has 1 aliphatic rings. The van der Waals surface area contributed by atoms with Crippen molar-refractivity contribution in [1.29, 1.82) is 0 Å². The van der Waals surface area contributed by atoms with Crippen molar-refractivity contribution < 1.29 is 0 Å². The van der Waals surface area contributed by atoms with Gasteiger partial charge in [-0.2, -0.15) is 0 Å². The monoisotopic (exact) mass is 550 g/mol. The molecule has 204 valence electrons. The van der Waals surface area contributed by atoms with Crippen LogP contribution in [-0.4, -0.2) is 9.97 Å². The number of benzene rings is 6. The van der Waals surface area contributed by atoms with Crippen molar-refractivity contribution >= 4 is 37.9 Å². The van der Waals surface area contributed by atoms with E-state index in [4.69, 9.17) is 9.97 Å². The lowest BCUT2D eigenvalue weighted by Gasteiger charge is -2.24. The van der Waals surface area contributed by atoms with Gasteiger partial charge in [0.05, 0.1) is 11.4 Å². The minimum absolute atomic E-state index is 0.292. The maximum absolute atomic E-state index is 5.22. The first-order chi connectivity index (χ1) is 21.2. The van der Waals surface area contributed by atoms with Crippen LogP contribution in [-0.2, 0) is 0 Å². The lowest BCUT2D eigenvalue weighted by atomic mass is 9.81. The van der Waals surface area contributed by atoms with E-state index in [0.29, 0.717) is 11.8 Å². The summed E-state index contributed by atoms with van der Waals surface area (Å²) >= 11 is 0. The molecule has 1 heterocycles. The molecule has 2 atom stereocenters. The Morgan fingerprint density at radius 3 is 1.72 bits per heavy atom. The van der Waals surface area contributed by atoms with E-state index in [1.807, 2.05) is 6.07 Å². The average Bonchev–Trinajstić information content (AvgIpc) is 3.09. The van der Waals surface area contributed by atoms with Gasteiger partial charge in [-0.15, -0.1) is 0 Å². The zero-order valence-electron chi connectivity index (χ0n) is 24.0. The van der Waals surface area contributed by atoms with E-state index in [1.54, 1.807) is 0 Å². The second-order valence-electron chi connectivity index (χ2n) is 11.5. The molecule has 2 unspecified atom stereocenters. The van der Waals surface area contributed by atoms with E-state index in [1.165, 1.54) is 37.9 Å². The van der Waals surface area contributed by atoms with E-state index in [0.717, 1.165) is 33.9 Å². The number of hydrogen-bond donors (Lipinski definition) is 0. The Labute approximate surface area is 251 Å². The third-order valence-electron chi connectivity index (χ3n) is 8.78. The standard InChI is InChI=1S/C41H30N2/c1-27-20-21-30(24-37(27)28-12-4-2-5-13-28)40-26-39(29-14-6-3-7-15-29)42-41(43-40)31-22-23-36-34-18-9-8-16-32(34)33-17-10-11-19-35(33)38(36)25-31/h2-27,37H,1H3. The number of rotatable bonds is 4. The van der Waals surface area contributed by atoms with Gasteiger partial charge in [-0.05, 0) is 61.5 Å². The van der Waals surface area contributed by atoms with Crippen molar-refractivity contribution in [2.24, 2.45) is 5.92 Å². The van der Waals surface area contributed by atoms with Crippen LogP contribution in [0.3, 0.4) is 0 Å². The van der Waals surface area contributed by atoms with Crippen LogP contribution in [0.2, 0.25) is 0 Å². The van der Waals surface area contributed by atoms with Crippen LogP contribution in [0.25, 0.3) is 60.5 Å². The molecule has 7 aromatic rings. The van der Waals surface area contributed by atoms with Crippen molar-refractivity contribution in [2.45, 2.75) is 12.8 Å². The Kier molecular flexibility index (Phi) is 6.19. The third kappa shape index (κ3) is 4.52. The quantitative estimate of drug-likeness (QED) is 0.204. The van der Waals surface area contributed by atoms with E-state index >= 15 is 0 Å². The predicted molar refractivity (Wildman–Crippen MR) is 181 cm³/mol. The van der Waals surface area contributed by atoms with Crippen LogP contribution in [0.4, 0.5) is 0 Å². The highest BCUT2D eigenvalue weighted by Gasteiger charge is 2.21. The minimum Gasteiger partial charge on any atom is -0.228 e. The minimum atomic E-state index is 0.292. The normalized spacial score (nSPS) is 16.5. The van der Waals surface area contributed by atoms with Gasteiger partial charge in [0.1, 0.15) is 0 Å². The first kappa shape index (κ1) is 25.4. The first-order valence-electron chi connectivity index (χ1n) is 15.0. The van der Waals surface area contributed by atoms with Crippen LogP contribution in [0, 0.1) is 5.92 Å². The molecule has 0 saturated heterocycles. The van der Waals surface area contributed by atoms with Gasteiger partial charge in [-0.1, -0.05) is 146 Å². The third-order valence-corrected chi connectivity index (χ3v) is 8.78. The Balaban J connectivity index is 1.33. The van der Waals surface area contributed by atoms with Gasteiger partial charge in [-0.25, -0.2) is 9.97 Å². The smallest absolute Gasteiger partial charge is 0.160 e.